The summed E-state index contributed by atoms with van der Waals surface area (Å²) in [5.41, 5.74) is 1.92. The Morgan fingerprint density at radius 2 is 1.42 bits per heavy atom. The van der Waals surface area contributed by atoms with Gasteiger partial charge in [0.2, 0.25) is 21.8 Å². The van der Waals surface area contributed by atoms with Crippen LogP contribution >= 0.6 is 0 Å². The summed E-state index contributed by atoms with van der Waals surface area (Å²) < 4.78 is 33.2. The van der Waals surface area contributed by atoms with Crippen molar-refractivity contribution in [3.05, 3.63) is 95.6 Å². The number of carbonyl (C=O) groups excluding carboxylic acids is 3. The molecule has 0 aliphatic rings. The number of rotatable bonds is 18. The third kappa shape index (κ3) is 11.6. The number of aliphatic hydroxyl groups excluding tert-OH is 1. The summed E-state index contributed by atoms with van der Waals surface area (Å²) in [6, 6.07) is 21.3. The second-order valence-electron chi connectivity index (χ2n) is 13.4. The number of sulfonamides is 1. The van der Waals surface area contributed by atoms with Gasteiger partial charge in [0.1, 0.15) is 11.8 Å². The third-order valence-electron chi connectivity index (χ3n) is 8.49. The third-order valence-corrected chi connectivity index (χ3v) is 10.2. The van der Waals surface area contributed by atoms with Crippen LogP contribution in [0.5, 0.6) is 5.75 Å². The zero-order chi connectivity index (χ0) is 37.0. The molecule has 0 saturated carbocycles. The van der Waals surface area contributed by atoms with Gasteiger partial charge in [0.25, 0.3) is 5.91 Å². The van der Waals surface area contributed by atoms with Crippen molar-refractivity contribution in [1.82, 2.24) is 16.0 Å². The average Bonchev–Trinajstić information content (AvgIpc) is 3.08. The van der Waals surface area contributed by atoms with Gasteiger partial charge < -0.3 is 25.8 Å². The molecule has 0 spiro atoms. The molecular formula is C38H52N4O7S. The Morgan fingerprint density at radius 3 is 1.98 bits per heavy atom. The van der Waals surface area contributed by atoms with E-state index in [9.17, 15) is 27.9 Å². The van der Waals surface area contributed by atoms with Crippen LogP contribution in [-0.4, -0.2) is 63.6 Å². The summed E-state index contributed by atoms with van der Waals surface area (Å²) >= 11 is 0. The molecule has 0 aliphatic carbocycles. The maximum atomic E-state index is 13.6. The molecule has 3 rings (SSSR count). The van der Waals surface area contributed by atoms with Crippen molar-refractivity contribution >= 4 is 33.4 Å². The summed E-state index contributed by atoms with van der Waals surface area (Å²) in [6.45, 7) is 9.62. The van der Waals surface area contributed by atoms with E-state index >= 15 is 0 Å². The average molecular weight is 709 g/mol. The van der Waals surface area contributed by atoms with Crippen LogP contribution in [0.4, 0.5) is 5.69 Å². The fourth-order valence-corrected chi connectivity index (χ4v) is 6.79. The van der Waals surface area contributed by atoms with Gasteiger partial charge in [-0.15, -0.1) is 0 Å². The molecule has 272 valence electrons. The highest BCUT2D eigenvalue weighted by Crippen LogP contribution is 2.31. The molecule has 3 aromatic carbocycles. The lowest BCUT2D eigenvalue weighted by Crippen LogP contribution is -2.51. The number of hydrogen-bond donors (Lipinski definition) is 4. The summed E-state index contributed by atoms with van der Waals surface area (Å²) in [6.07, 6.45) is -0.626. The largest absolute Gasteiger partial charge is 0.495 e. The standard InChI is InChI=1S/C38H52N4O7S/c1-25(2)20-31(33(43)21-27(5)36(44)41-35(26(3)4)38(46)39-23-28-14-10-8-11-15-28)40-37(45)30-18-19-34(49-7)32(22-30)42(6)50(47,48)24-29-16-12-9-13-17-29/h8-19,22,25-27,31,33,35,43H,20-21,23-24H2,1-7H3,(H,39,46)(H,40,45)(H,41,44)/t27-,31+,33+,35+/m1/s1. The predicted octanol–water partition coefficient (Wildman–Crippen LogP) is 4.65. The maximum absolute atomic E-state index is 13.6. The highest BCUT2D eigenvalue weighted by Gasteiger charge is 2.31. The molecule has 0 saturated heterocycles. The van der Waals surface area contributed by atoms with E-state index in [-0.39, 0.29) is 52.8 Å². The molecule has 0 aliphatic heterocycles. The Bertz CT molecular complexity index is 1670. The number of aliphatic hydroxyl groups is 1. The number of carbonyl (C=O) groups is 3. The van der Waals surface area contributed by atoms with Crippen LogP contribution < -0.4 is 25.0 Å². The fourth-order valence-electron chi connectivity index (χ4n) is 5.54. The number of ether oxygens (including phenoxy) is 1. The lowest BCUT2D eigenvalue weighted by Gasteiger charge is -2.29. The van der Waals surface area contributed by atoms with Crippen LogP contribution in [0.3, 0.4) is 0 Å². The van der Waals surface area contributed by atoms with Crippen LogP contribution in [0.1, 0.15) is 68.9 Å². The molecule has 11 nitrogen and oxygen atoms in total. The highest BCUT2D eigenvalue weighted by atomic mass is 32.2. The molecule has 4 atom stereocenters. The van der Waals surface area contributed by atoms with Gasteiger partial charge in [-0.2, -0.15) is 0 Å². The van der Waals surface area contributed by atoms with E-state index in [0.717, 1.165) is 9.87 Å². The molecule has 50 heavy (non-hydrogen) atoms. The van der Waals surface area contributed by atoms with Crippen LogP contribution in [-0.2, 0) is 31.9 Å². The number of methoxy groups -OCH3 is 1. The van der Waals surface area contributed by atoms with Gasteiger partial charge in [-0.3, -0.25) is 18.7 Å². The first-order chi connectivity index (χ1) is 23.6. The molecular weight excluding hydrogens is 657 g/mol. The van der Waals surface area contributed by atoms with Crippen LogP contribution in [0, 0.1) is 17.8 Å². The normalized spacial score (nSPS) is 14.0. The van der Waals surface area contributed by atoms with Gasteiger partial charge in [-0.1, -0.05) is 95.3 Å². The summed E-state index contributed by atoms with van der Waals surface area (Å²) in [5.74, 6) is -1.92. The van der Waals surface area contributed by atoms with Gasteiger partial charge in [0, 0.05) is 25.1 Å². The van der Waals surface area contributed by atoms with Crippen molar-refractivity contribution in [3.63, 3.8) is 0 Å². The molecule has 3 aromatic rings. The lowest BCUT2D eigenvalue weighted by molar-refractivity contribution is -0.132. The Kier molecular flexibility index (Phi) is 14.8. The summed E-state index contributed by atoms with van der Waals surface area (Å²) in [5, 5.41) is 20.0. The van der Waals surface area contributed by atoms with Crippen molar-refractivity contribution < 1.29 is 32.6 Å². The van der Waals surface area contributed by atoms with E-state index in [4.69, 9.17) is 4.74 Å². The van der Waals surface area contributed by atoms with Gasteiger partial charge in [-0.25, -0.2) is 8.42 Å². The lowest BCUT2D eigenvalue weighted by atomic mass is 9.91. The van der Waals surface area contributed by atoms with E-state index in [1.54, 1.807) is 37.3 Å². The number of nitrogens with one attached hydrogen (secondary N) is 3. The fraction of sp³-hybridized carbons (Fsp3) is 0.447. The minimum absolute atomic E-state index is 0.0360. The Morgan fingerprint density at radius 1 is 0.820 bits per heavy atom. The van der Waals surface area contributed by atoms with Gasteiger partial charge in [-0.05, 0) is 54.0 Å². The van der Waals surface area contributed by atoms with Gasteiger partial charge in [0.15, 0.2) is 0 Å². The quantitative estimate of drug-likeness (QED) is 0.150. The van der Waals surface area contributed by atoms with Crippen molar-refractivity contribution in [2.24, 2.45) is 17.8 Å². The maximum Gasteiger partial charge on any atom is 0.251 e. The molecule has 12 heteroatoms. The second kappa shape index (κ2) is 18.5. The highest BCUT2D eigenvalue weighted by molar-refractivity contribution is 7.92. The first-order valence-corrected chi connectivity index (χ1v) is 18.5. The van der Waals surface area contributed by atoms with Gasteiger partial charge >= 0.3 is 0 Å². The van der Waals surface area contributed by atoms with Gasteiger partial charge in [0.05, 0.1) is 30.7 Å². The minimum atomic E-state index is -3.83. The number of amides is 3. The van der Waals surface area contributed by atoms with E-state index in [2.05, 4.69) is 16.0 Å². The van der Waals surface area contributed by atoms with Crippen LogP contribution in [0.25, 0.3) is 0 Å². The zero-order valence-electron chi connectivity index (χ0n) is 30.1. The predicted molar refractivity (Wildman–Crippen MR) is 196 cm³/mol. The van der Waals surface area contributed by atoms with Crippen molar-refractivity contribution in [2.75, 3.05) is 18.5 Å². The Labute approximate surface area is 296 Å². The van der Waals surface area contributed by atoms with Crippen molar-refractivity contribution in [1.29, 1.82) is 0 Å². The first kappa shape index (κ1) is 40.0. The van der Waals surface area contributed by atoms with E-state index in [1.807, 2.05) is 58.0 Å². The minimum Gasteiger partial charge on any atom is -0.495 e. The van der Waals surface area contributed by atoms with Crippen LogP contribution in [0.2, 0.25) is 0 Å². The zero-order valence-corrected chi connectivity index (χ0v) is 30.9. The molecule has 0 aromatic heterocycles. The van der Waals surface area contributed by atoms with Crippen LogP contribution in [0.15, 0.2) is 78.9 Å². The monoisotopic (exact) mass is 708 g/mol. The van der Waals surface area contributed by atoms with Crippen molar-refractivity contribution in [2.45, 2.75) is 77.9 Å². The topological polar surface area (TPSA) is 154 Å². The molecule has 3 amide bonds. The van der Waals surface area contributed by atoms with Crippen molar-refractivity contribution in [3.8, 4) is 5.75 Å². The summed E-state index contributed by atoms with van der Waals surface area (Å²) in [4.78, 5) is 39.8. The van der Waals surface area contributed by atoms with E-state index < -0.39 is 40.0 Å². The molecule has 0 fully saturated rings. The number of benzene rings is 3. The Balaban J connectivity index is 1.70. The molecule has 0 heterocycles. The molecule has 4 N–H and O–H groups in total. The number of nitrogens with zero attached hydrogens (tertiary/aromatic N) is 1. The van der Waals surface area contributed by atoms with E-state index in [0.29, 0.717) is 18.5 Å². The molecule has 0 radical (unpaired) electrons. The number of anilines is 1. The van der Waals surface area contributed by atoms with E-state index in [1.165, 1.54) is 32.4 Å². The SMILES string of the molecule is COc1ccc(C(=O)N[C@@H](CC(C)C)[C@@H](O)C[C@@H](C)C(=O)N[C@H](C(=O)NCc2ccccc2)C(C)C)cc1N(C)S(=O)(=O)Cc1ccccc1. The molecule has 0 bridgehead atoms. The smallest absolute Gasteiger partial charge is 0.251 e. The molecule has 0 unspecified atom stereocenters. The first-order valence-electron chi connectivity index (χ1n) is 16.9. The summed E-state index contributed by atoms with van der Waals surface area (Å²) in [7, 11) is -1.00. The second-order valence-corrected chi connectivity index (χ2v) is 15.4. The Hall–Kier alpha value is -4.42. The number of hydrogen-bond acceptors (Lipinski definition) is 7.